The third kappa shape index (κ3) is 1.46. The summed E-state index contributed by atoms with van der Waals surface area (Å²) in [6.45, 7) is 4.00. The molecule has 0 bridgehead atoms. The minimum Gasteiger partial charge on any atom is -0.294 e. The lowest BCUT2D eigenvalue weighted by molar-refractivity contribution is 0.0811. The fourth-order valence-electron chi connectivity index (χ4n) is 1.90. The van der Waals surface area contributed by atoms with Crippen LogP contribution in [-0.2, 0) is 6.42 Å². The Hall–Kier alpha value is -0.820. The van der Waals surface area contributed by atoms with Gasteiger partial charge in [0.15, 0.2) is 5.78 Å². The van der Waals surface area contributed by atoms with Crippen LogP contribution in [0.1, 0.15) is 36.2 Å². The average molecular weight is 209 g/mol. The molecule has 1 aromatic carbocycles. The summed E-state index contributed by atoms with van der Waals surface area (Å²) in [5.41, 5.74) is 1.73. The Morgan fingerprint density at radius 1 is 1.36 bits per heavy atom. The number of ketones is 1. The highest BCUT2D eigenvalue weighted by molar-refractivity contribution is 6.31. The first kappa shape index (κ1) is 9.72. The summed E-state index contributed by atoms with van der Waals surface area (Å²) in [5, 5.41) is 0.648. The molecule has 0 aliphatic heterocycles. The molecule has 2 heteroatoms. The third-order valence-electron chi connectivity index (χ3n) is 2.95. The van der Waals surface area contributed by atoms with Crippen molar-refractivity contribution in [1.82, 2.24) is 0 Å². The highest BCUT2D eigenvalue weighted by atomic mass is 35.5. The maximum Gasteiger partial charge on any atom is 0.168 e. The summed E-state index contributed by atoms with van der Waals surface area (Å²) in [6.07, 6.45) is 1.91. The Morgan fingerprint density at radius 2 is 2.07 bits per heavy atom. The number of aryl methyl sites for hydroxylation is 1. The molecular formula is C12H13ClO. The molecule has 0 radical (unpaired) electrons. The van der Waals surface area contributed by atoms with Gasteiger partial charge in [0.05, 0.1) is 0 Å². The Labute approximate surface area is 89.1 Å². The molecule has 14 heavy (non-hydrogen) atoms. The van der Waals surface area contributed by atoms with Crippen molar-refractivity contribution in [2.75, 3.05) is 0 Å². The summed E-state index contributed by atoms with van der Waals surface area (Å²) < 4.78 is 0. The Bertz CT molecular complexity index is 393. The zero-order chi connectivity index (χ0) is 10.3. The molecule has 0 N–H and O–H groups in total. The van der Waals surface area contributed by atoms with Gasteiger partial charge in [0.2, 0.25) is 0 Å². The van der Waals surface area contributed by atoms with E-state index in [1.54, 1.807) is 6.07 Å². The normalized spacial score (nSPS) is 19.2. The number of Topliss-reactive ketones (excluding diaryl/α,β-unsaturated/α-hetero) is 1. The minimum absolute atomic E-state index is 0.223. The first-order chi connectivity index (χ1) is 6.50. The van der Waals surface area contributed by atoms with Gasteiger partial charge in [-0.05, 0) is 30.5 Å². The Balaban J connectivity index is 2.54. The van der Waals surface area contributed by atoms with Gasteiger partial charge in [-0.2, -0.15) is 0 Å². The zero-order valence-corrected chi connectivity index (χ0v) is 9.19. The molecule has 0 saturated carbocycles. The van der Waals surface area contributed by atoms with Crippen LogP contribution in [0, 0.1) is 5.41 Å². The van der Waals surface area contributed by atoms with Crippen LogP contribution in [0.5, 0.6) is 0 Å². The smallest absolute Gasteiger partial charge is 0.168 e. The topological polar surface area (TPSA) is 17.1 Å². The van der Waals surface area contributed by atoms with E-state index < -0.39 is 0 Å². The second kappa shape index (κ2) is 3.09. The molecule has 2 rings (SSSR count). The summed E-state index contributed by atoms with van der Waals surface area (Å²) in [4.78, 5) is 12.0. The molecule has 1 aromatic rings. The highest BCUT2D eigenvalue weighted by Gasteiger charge is 2.33. The van der Waals surface area contributed by atoms with Gasteiger partial charge in [-0.3, -0.25) is 4.79 Å². The Morgan fingerprint density at radius 3 is 2.79 bits per heavy atom. The number of rotatable bonds is 0. The molecule has 1 aliphatic rings. The van der Waals surface area contributed by atoms with E-state index in [1.807, 2.05) is 26.0 Å². The number of benzene rings is 1. The molecule has 1 nitrogen and oxygen atoms in total. The van der Waals surface area contributed by atoms with E-state index in [1.165, 1.54) is 0 Å². The number of carbonyl (C=O) groups is 1. The number of carbonyl (C=O) groups excluding carboxylic acids is 1. The SMILES string of the molecule is CC1(C)CCc2ccc(Cl)cc2C1=O. The van der Waals surface area contributed by atoms with Crippen molar-refractivity contribution in [3.8, 4) is 0 Å². The molecule has 0 fully saturated rings. The first-order valence-corrected chi connectivity index (χ1v) is 5.22. The van der Waals surface area contributed by atoms with Gasteiger partial charge in [-0.1, -0.05) is 31.5 Å². The van der Waals surface area contributed by atoms with E-state index in [2.05, 4.69) is 0 Å². The predicted molar refractivity (Wildman–Crippen MR) is 57.9 cm³/mol. The quantitative estimate of drug-likeness (QED) is 0.638. The van der Waals surface area contributed by atoms with Crippen molar-refractivity contribution in [3.63, 3.8) is 0 Å². The maximum atomic E-state index is 12.0. The summed E-state index contributed by atoms with van der Waals surface area (Å²) in [7, 11) is 0. The van der Waals surface area contributed by atoms with Crippen molar-refractivity contribution in [3.05, 3.63) is 34.3 Å². The Kier molecular flexibility index (Phi) is 2.15. The van der Waals surface area contributed by atoms with Crippen molar-refractivity contribution in [2.24, 2.45) is 5.41 Å². The minimum atomic E-state index is -0.225. The standard InChI is InChI=1S/C12H13ClO/c1-12(2)6-5-8-3-4-9(13)7-10(8)11(12)14/h3-4,7H,5-6H2,1-2H3. The van der Waals surface area contributed by atoms with E-state index >= 15 is 0 Å². The number of fused-ring (bicyclic) bond motifs is 1. The molecule has 0 heterocycles. The third-order valence-corrected chi connectivity index (χ3v) is 3.19. The molecular weight excluding hydrogens is 196 g/mol. The van der Waals surface area contributed by atoms with Gasteiger partial charge in [0, 0.05) is 16.0 Å². The fraction of sp³-hybridized carbons (Fsp3) is 0.417. The average Bonchev–Trinajstić information content (AvgIpc) is 2.13. The highest BCUT2D eigenvalue weighted by Crippen LogP contribution is 2.35. The molecule has 0 unspecified atom stereocenters. The first-order valence-electron chi connectivity index (χ1n) is 4.84. The maximum absolute atomic E-state index is 12.0. The molecule has 1 aliphatic carbocycles. The van der Waals surface area contributed by atoms with Crippen molar-refractivity contribution in [1.29, 1.82) is 0 Å². The van der Waals surface area contributed by atoms with Crippen LogP contribution in [0.3, 0.4) is 0 Å². The van der Waals surface area contributed by atoms with Crippen LogP contribution in [0.2, 0.25) is 5.02 Å². The van der Waals surface area contributed by atoms with Gasteiger partial charge in [-0.25, -0.2) is 0 Å². The van der Waals surface area contributed by atoms with Crippen LogP contribution in [0.25, 0.3) is 0 Å². The van der Waals surface area contributed by atoms with Crippen molar-refractivity contribution < 1.29 is 4.79 Å². The number of hydrogen-bond donors (Lipinski definition) is 0. The molecule has 0 atom stereocenters. The van der Waals surface area contributed by atoms with Crippen molar-refractivity contribution in [2.45, 2.75) is 26.7 Å². The van der Waals surface area contributed by atoms with E-state index in [0.29, 0.717) is 5.02 Å². The molecule has 0 amide bonds. The summed E-state index contributed by atoms with van der Waals surface area (Å²) >= 11 is 5.88. The molecule has 74 valence electrons. The molecule has 0 aromatic heterocycles. The fourth-order valence-corrected chi connectivity index (χ4v) is 2.08. The van der Waals surface area contributed by atoms with Gasteiger partial charge in [-0.15, -0.1) is 0 Å². The van der Waals surface area contributed by atoms with Gasteiger partial charge in [0.1, 0.15) is 0 Å². The molecule has 0 spiro atoms. The predicted octanol–water partition coefficient (Wildman–Crippen LogP) is 3.50. The van der Waals surface area contributed by atoms with E-state index in [-0.39, 0.29) is 11.2 Å². The van der Waals surface area contributed by atoms with Crippen LogP contribution >= 0.6 is 11.6 Å². The van der Waals surface area contributed by atoms with Crippen LogP contribution in [0.4, 0.5) is 0 Å². The summed E-state index contributed by atoms with van der Waals surface area (Å²) in [6, 6.07) is 5.61. The van der Waals surface area contributed by atoms with E-state index in [9.17, 15) is 4.79 Å². The van der Waals surface area contributed by atoms with Crippen molar-refractivity contribution >= 4 is 17.4 Å². The van der Waals surface area contributed by atoms with Gasteiger partial charge in [0.25, 0.3) is 0 Å². The second-order valence-corrected chi connectivity index (χ2v) is 4.95. The largest absolute Gasteiger partial charge is 0.294 e. The summed E-state index contributed by atoms with van der Waals surface area (Å²) in [5.74, 6) is 0.223. The van der Waals surface area contributed by atoms with Crippen LogP contribution in [-0.4, -0.2) is 5.78 Å². The lowest BCUT2D eigenvalue weighted by Gasteiger charge is -2.29. The number of hydrogen-bond acceptors (Lipinski definition) is 1. The lowest BCUT2D eigenvalue weighted by Crippen LogP contribution is -2.30. The monoisotopic (exact) mass is 208 g/mol. The lowest BCUT2D eigenvalue weighted by atomic mass is 9.73. The van der Waals surface area contributed by atoms with E-state index in [0.717, 1.165) is 24.0 Å². The van der Waals surface area contributed by atoms with Crippen LogP contribution in [0.15, 0.2) is 18.2 Å². The van der Waals surface area contributed by atoms with E-state index in [4.69, 9.17) is 11.6 Å². The van der Waals surface area contributed by atoms with Gasteiger partial charge < -0.3 is 0 Å². The van der Waals surface area contributed by atoms with Gasteiger partial charge >= 0.3 is 0 Å². The van der Waals surface area contributed by atoms with Crippen LogP contribution < -0.4 is 0 Å². The molecule has 0 saturated heterocycles. The zero-order valence-electron chi connectivity index (χ0n) is 8.43. The second-order valence-electron chi connectivity index (χ2n) is 4.51. The number of halogens is 1.